The van der Waals surface area contributed by atoms with Crippen LogP contribution in [-0.2, 0) is 12.8 Å². The standard InChI is InChI=1S/C17H23N3/c1-12(2)11-18-17-15-10-14(8-9-16(15)19-20-17)13-6-4-3-5-7-13/h3-7,12,14H,8-11H2,1-2H3,(H2,18,19,20). The Labute approximate surface area is 120 Å². The van der Waals surface area contributed by atoms with Gasteiger partial charge in [-0.15, -0.1) is 0 Å². The van der Waals surface area contributed by atoms with Gasteiger partial charge >= 0.3 is 0 Å². The highest BCUT2D eigenvalue weighted by atomic mass is 15.2. The molecule has 0 spiro atoms. The van der Waals surface area contributed by atoms with Crippen molar-refractivity contribution < 1.29 is 0 Å². The summed E-state index contributed by atoms with van der Waals surface area (Å²) in [6, 6.07) is 10.9. The number of fused-ring (bicyclic) bond motifs is 1. The highest BCUT2D eigenvalue weighted by Crippen LogP contribution is 2.34. The molecule has 1 aromatic carbocycles. The largest absolute Gasteiger partial charge is 0.368 e. The first-order chi connectivity index (χ1) is 9.74. The zero-order valence-corrected chi connectivity index (χ0v) is 12.3. The first-order valence-corrected chi connectivity index (χ1v) is 7.59. The van der Waals surface area contributed by atoms with Gasteiger partial charge in [-0.3, -0.25) is 5.10 Å². The van der Waals surface area contributed by atoms with Crippen LogP contribution in [0.25, 0.3) is 0 Å². The quantitative estimate of drug-likeness (QED) is 0.887. The number of nitrogens with zero attached hydrogens (tertiary/aromatic N) is 1. The number of anilines is 1. The molecule has 1 aromatic heterocycles. The molecule has 106 valence electrons. The van der Waals surface area contributed by atoms with Crippen LogP contribution >= 0.6 is 0 Å². The number of hydrogen-bond donors (Lipinski definition) is 2. The van der Waals surface area contributed by atoms with Crippen LogP contribution < -0.4 is 5.32 Å². The Morgan fingerprint density at radius 2 is 2.10 bits per heavy atom. The van der Waals surface area contributed by atoms with Crippen molar-refractivity contribution in [2.45, 2.75) is 39.0 Å². The van der Waals surface area contributed by atoms with Crippen molar-refractivity contribution in [3.8, 4) is 0 Å². The molecule has 1 aliphatic rings. The molecule has 2 N–H and O–H groups in total. The van der Waals surface area contributed by atoms with Crippen molar-refractivity contribution in [2.24, 2.45) is 5.92 Å². The van der Waals surface area contributed by atoms with Crippen LogP contribution in [0, 0.1) is 5.92 Å². The second-order valence-corrected chi connectivity index (χ2v) is 6.15. The molecular weight excluding hydrogens is 246 g/mol. The maximum absolute atomic E-state index is 4.46. The van der Waals surface area contributed by atoms with Crippen molar-refractivity contribution in [3.05, 3.63) is 47.2 Å². The summed E-state index contributed by atoms with van der Waals surface area (Å²) in [4.78, 5) is 0. The van der Waals surface area contributed by atoms with Gasteiger partial charge in [0.2, 0.25) is 0 Å². The van der Waals surface area contributed by atoms with Gasteiger partial charge in [0.05, 0.1) is 0 Å². The first kappa shape index (κ1) is 13.2. The molecule has 1 heterocycles. The summed E-state index contributed by atoms with van der Waals surface area (Å²) in [6.07, 6.45) is 3.41. The van der Waals surface area contributed by atoms with E-state index >= 15 is 0 Å². The fourth-order valence-corrected chi connectivity index (χ4v) is 2.95. The van der Waals surface area contributed by atoms with Crippen LogP contribution in [0.5, 0.6) is 0 Å². The minimum atomic E-state index is 0.626. The molecule has 0 fully saturated rings. The summed E-state index contributed by atoms with van der Waals surface area (Å²) >= 11 is 0. The Hall–Kier alpha value is -1.77. The second kappa shape index (κ2) is 5.70. The van der Waals surface area contributed by atoms with E-state index in [9.17, 15) is 0 Å². The second-order valence-electron chi connectivity index (χ2n) is 6.15. The van der Waals surface area contributed by atoms with Gasteiger partial charge in [0.25, 0.3) is 0 Å². The Balaban J connectivity index is 1.77. The lowest BCUT2D eigenvalue weighted by Crippen LogP contribution is -2.15. The van der Waals surface area contributed by atoms with Crippen molar-refractivity contribution >= 4 is 5.82 Å². The Morgan fingerprint density at radius 1 is 1.30 bits per heavy atom. The Morgan fingerprint density at radius 3 is 2.85 bits per heavy atom. The monoisotopic (exact) mass is 269 g/mol. The van der Waals surface area contributed by atoms with E-state index in [0.717, 1.165) is 25.2 Å². The summed E-state index contributed by atoms with van der Waals surface area (Å²) in [5.41, 5.74) is 4.17. The van der Waals surface area contributed by atoms with Gasteiger partial charge < -0.3 is 5.32 Å². The Kier molecular flexibility index (Phi) is 3.77. The predicted molar refractivity (Wildman–Crippen MR) is 83.1 cm³/mol. The molecule has 0 saturated heterocycles. The normalized spacial score (nSPS) is 18.1. The van der Waals surface area contributed by atoms with E-state index in [1.165, 1.54) is 23.2 Å². The number of aromatic nitrogens is 2. The molecule has 3 nitrogen and oxygen atoms in total. The van der Waals surface area contributed by atoms with E-state index in [1.54, 1.807) is 0 Å². The summed E-state index contributed by atoms with van der Waals surface area (Å²) < 4.78 is 0. The maximum atomic E-state index is 4.46. The summed E-state index contributed by atoms with van der Waals surface area (Å²) in [6.45, 7) is 5.42. The van der Waals surface area contributed by atoms with Gasteiger partial charge in [0, 0.05) is 17.8 Å². The predicted octanol–water partition coefficient (Wildman–Crippen LogP) is 3.75. The van der Waals surface area contributed by atoms with Gasteiger partial charge in [0.1, 0.15) is 0 Å². The molecule has 0 bridgehead atoms. The molecule has 0 aliphatic heterocycles. The topological polar surface area (TPSA) is 40.7 Å². The smallest absolute Gasteiger partial charge is 0.151 e. The van der Waals surface area contributed by atoms with E-state index in [4.69, 9.17) is 0 Å². The molecule has 1 atom stereocenters. The average Bonchev–Trinajstić information content (AvgIpc) is 2.88. The van der Waals surface area contributed by atoms with Gasteiger partial charge in [-0.1, -0.05) is 44.2 Å². The van der Waals surface area contributed by atoms with Gasteiger partial charge in [-0.2, -0.15) is 5.10 Å². The van der Waals surface area contributed by atoms with Crippen molar-refractivity contribution in [2.75, 3.05) is 11.9 Å². The lowest BCUT2D eigenvalue weighted by atomic mass is 9.83. The van der Waals surface area contributed by atoms with Crippen LogP contribution in [0.3, 0.4) is 0 Å². The minimum absolute atomic E-state index is 0.626. The van der Waals surface area contributed by atoms with Crippen LogP contribution in [-0.4, -0.2) is 16.7 Å². The highest BCUT2D eigenvalue weighted by molar-refractivity contribution is 5.49. The molecule has 0 radical (unpaired) electrons. The van der Waals surface area contributed by atoms with Gasteiger partial charge in [-0.25, -0.2) is 0 Å². The molecule has 1 aliphatic carbocycles. The maximum Gasteiger partial charge on any atom is 0.151 e. The number of H-pyrrole nitrogens is 1. The molecule has 3 heteroatoms. The molecular formula is C17H23N3. The van der Waals surface area contributed by atoms with Crippen LogP contribution in [0.15, 0.2) is 30.3 Å². The number of aromatic amines is 1. The third-order valence-electron chi connectivity index (χ3n) is 4.09. The number of benzene rings is 1. The Bertz CT molecular complexity index is 557. The van der Waals surface area contributed by atoms with Crippen molar-refractivity contribution in [1.29, 1.82) is 0 Å². The molecule has 0 saturated carbocycles. The van der Waals surface area contributed by atoms with E-state index in [1.807, 2.05) is 0 Å². The van der Waals surface area contributed by atoms with Crippen LogP contribution in [0.2, 0.25) is 0 Å². The molecule has 3 rings (SSSR count). The number of hydrogen-bond acceptors (Lipinski definition) is 2. The lowest BCUT2D eigenvalue weighted by molar-refractivity contribution is 0.579. The fourth-order valence-electron chi connectivity index (χ4n) is 2.95. The molecule has 2 aromatic rings. The number of rotatable bonds is 4. The summed E-state index contributed by atoms with van der Waals surface area (Å²) in [5, 5.41) is 11.2. The zero-order valence-electron chi connectivity index (χ0n) is 12.3. The zero-order chi connectivity index (χ0) is 13.9. The molecule has 1 unspecified atom stereocenters. The van der Waals surface area contributed by atoms with Crippen molar-refractivity contribution in [3.63, 3.8) is 0 Å². The third kappa shape index (κ3) is 2.72. The fraction of sp³-hybridized carbons (Fsp3) is 0.471. The average molecular weight is 269 g/mol. The van der Waals surface area contributed by atoms with Crippen LogP contribution in [0.4, 0.5) is 5.82 Å². The summed E-state index contributed by atoms with van der Waals surface area (Å²) in [7, 11) is 0. The van der Waals surface area contributed by atoms with E-state index < -0.39 is 0 Å². The van der Waals surface area contributed by atoms with Gasteiger partial charge in [-0.05, 0) is 36.7 Å². The first-order valence-electron chi connectivity index (χ1n) is 7.59. The highest BCUT2D eigenvalue weighted by Gasteiger charge is 2.24. The number of aryl methyl sites for hydroxylation is 1. The number of nitrogens with one attached hydrogen (secondary N) is 2. The van der Waals surface area contributed by atoms with Crippen molar-refractivity contribution in [1.82, 2.24) is 10.2 Å². The van der Waals surface area contributed by atoms with Crippen LogP contribution in [0.1, 0.15) is 43.0 Å². The SMILES string of the molecule is CC(C)CNc1n[nH]c2c1CC(c1ccccc1)CC2. The minimum Gasteiger partial charge on any atom is -0.368 e. The molecule has 0 amide bonds. The van der Waals surface area contributed by atoms with E-state index in [2.05, 4.69) is 59.7 Å². The van der Waals surface area contributed by atoms with Gasteiger partial charge in [0.15, 0.2) is 5.82 Å². The van der Waals surface area contributed by atoms with E-state index in [-0.39, 0.29) is 0 Å². The van der Waals surface area contributed by atoms with E-state index in [0.29, 0.717) is 11.8 Å². The lowest BCUT2D eigenvalue weighted by Gasteiger charge is -2.23. The summed E-state index contributed by atoms with van der Waals surface area (Å²) in [5.74, 6) is 2.33. The third-order valence-corrected chi connectivity index (χ3v) is 4.09. The molecule has 20 heavy (non-hydrogen) atoms.